The van der Waals surface area contributed by atoms with E-state index in [2.05, 4.69) is 9.97 Å². The lowest BCUT2D eigenvalue weighted by Crippen LogP contribution is -2.02. The quantitative estimate of drug-likeness (QED) is 0.722. The van der Waals surface area contributed by atoms with Gasteiger partial charge in [0.25, 0.3) is 0 Å². The van der Waals surface area contributed by atoms with Crippen LogP contribution in [-0.2, 0) is 11.2 Å². The molecule has 0 unspecified atom stereocenters. The molecule has 1 aromatic rings. The summed E-state index contributed by atoms with van der Waals surface area (Å²) in [5.41, 5.74) is 1.49. The van der Waals surface area contributed by atoms with Crippen LogP contribution in [0.15, 0.2) is 4.79 Å². The van der Waals surface area contributed by atoms with E-state index in [-0.39, 0.29) is 12.1 Å². The minimum absolute atomic E-state index is 0.0630. The molecule has 1 aliphatic rings. The summed E-state index contributed by atoms with van der Waals surface area (Å²) in [6.07, 6.45) is 5.03. The molecule has 0 aromatic carbocycles. The van der Waals surface area contributed by atoms with Crippen LogP contribution in [0.4, 0.5) is 0 Å². The summed E-state index contributed by atoms with van der Waals surface area (Å²) in [7, 11) is 0. The summed E-state index contributed by atoms with van der Waals surface area (Å²) in [6, 6.07) is 0. The van der Waals surface area contributed by atoms with E-state index in [1.54, 1.807) is 0 Å². The first-order valence-corrected chi connectivity index (χ1v) is 5.69. The molecule has 0 spiro atoms. The van der Waals surface area contributed by atoms with Crippen LogP contribution in [0.3, 0.4) is 0 Å². The molecule has 5 nitrogen and oxygen atoms in total. The maximum absolute atomic E-state index is 11.3. The SMILES string of the molecule is O=C(O)CCc1[nH]c(=O)[nH]c1C1CCCC1. The maximum atomic E-state index is 11.3. The van der Waals surface area contributed by atoms with Crippen molar-refractivity contribution in [2.45, 2.75) is 44.4 Å². The number of hydrogen-bond donors (Lipinski definition) is 3. The Morgan fingerprint density at radius 1 is 1.31 bits per heavy atom. The molecular weight excluding hydrogens is 208 g/mol. The zero-order chi connectivity index (χ0) is 11.5. The summed E-state index contributed by atoms with van der Waals surface area (Å²) in [4.78, 5) is 27.3. The molecule has 1 saturated carbocycles. The van der Waals surface area contributed by atoms with Gasteiger partial charge >= 0.3 is 11.7 Å². The minimum Gasteiger partial charge on any atom is -0.481 e. The highest BCUT2D eigenvalue weighted by Crippen LogP contribution is 2.34. The van der Waals surface area contributed by atoms with Crippen molar-refractivity contribution < 1.29 is 9.90 Å². The van der Waals surface area contributed by atoms with Crippen LogP contribution in [0.2, 0.25) is 0 Å². The first-order chi connectivity index (χ1) is 7.66. The van der Waals surface area contributed by atoms with Crippen LogP contribution in [0.25, 0.3) is 0 Å². The third-order valence-electron chi connectivity index (χ3n) is 3.19. The van der Waals surface area contributed by atoms with Gasteiger partial charge in [-0.05, 0) is 19.3 Å². The molecule has 1 heterocycles. The zero-order valence-corrected chi connectivity index (χ0v) is 9.08. The van der Waals surface area contributed by atoms with Crippen molar-refractivity contribution in [3.63, 3.8) is 0 Å². The van der Waals surface area contributed by atoms with E-state index in [0.717, 1.165) is 24.2 Å². The molecule has 0 saturated heterocycles. The van der Waals surface area contributed by atoms with Crippen LogP contribution >= 0.6 is 0 Å². The van der Waals surface area contributed by atoms with E-state index in [9.17, 15) is 9.59 Å². The van der Waals surface area contributed by atoms with E-state index in [4.69, 9.17) is 5.11 Å². The van der Waals surface area contributed by atoms with Gasteiger partial charge < -0.3 is 15.1 Å². The summed E-state index contributed by atoms with van der Waals surface area (Å²) in [5.74, 6) is -0.429. The zero-order valence-electron chi connectivity index (χ0n) is 9.08. The second-order valence-corrected chi connectivity index (χ2v) is 4.35. The standard InChI is InChI=1S/C11H16N2O3/c14-9(15)6-5-8-10(13-11(16)12-8)7-3-1-2-4-7/h7H,1-6H2,(H,14,15)(H2,12,13,16). The number of imidazole rings is 1. The van der Waals surface area contributed by atoms with Crippen LogP contribution < -0.4 is 5.69 Å². The summed E-state index contributed by atoms with van der Waals surface area (Å²) in [6.45, 7) is 0. The molecular formula is C11H16N2O3. The van der Waals surface area contributed by atoms with Gasteiger partial charge in [0.2, 0.25) is 0 Å². The Bertz CT molecular complexity index is 427. The number of aryl methyl sites for hydroxylation is 1. The number of aliphatic carboxylic acids is 1. The van der Waals surface area contributed by atoms with E-state index in [1.165, 1.54) is 12.8 Å². The number of aromatic nitrogens is 2. The number of hydrogen-bond acceptors (Lipinski definition) is 2. The lowest BCUT2D eigenvalue weighted by molar-refractivity contribution is -0.136. The fourth-order valence-corrected chi connectivity index (χ4v) is 2.43. The second-order valence-electron chi connectivity index (χ2n) is 4.35. The van der Waals surface area contributed by atoms with Crippen molar-refractivity contribution in [3.8, 4) is 0 Å². The number of carboxylic acids is 1. The number of H-pyrrole nitrogens is 2. The predicted octanol–water partition coefficient (Wildman–Crippen LogP) is 1.38. The number of nitrogens with one attached hydrogen (secondary N) is 2. The molecule has 0 radical (unpaired) electrons. The lowest BCUT2D eigenvalue weighted by Gasteiger charge is -2.08. The van der Waals surface area contributed by atoms with Gasteiger partial charge in [-0.1, -0.05) is 12.8 Å². The van der Waals surface area contributed by atoms with Gasteiger partial charge in [-0.3, -0.25) is 4.79 Å². The molecule has 0 bridgehead atoms. The topological polar surface area (TPSA) is 85.9 Å². The Hall–Kier alpha value is -1.52. The third-order valence-corrected chi connectivity index (χ3v) is 3.19. The molecule has 1 aliphatic carbocycles. The van der Waals surface area contributed by atoms with Crippen LogP contribution in [0, 0.1) is 0 Å². The van der Waals surface area contributed by atoms with E-state index in [0.29, 0.717) is 12.3 Å². The maximum Gasteiger partial charge on any atom is 0.323 e. The molecule has 2 rings (SSSR count). The van der Waals surface area contributed by atoms with Gasteiger partial charge in [0.05, 0.1) is 6.42 Å². The third kappa shape index (κ3) is 2.35. The van der Waals surface area contributed by atoms with Gasteiger partial charge in [-0.15, -0.1) is 0 Å². The summed E-state index contributed by atoms with van der Waals surface area (Å²) >= 11 is 0. The van der Waals surface area contributed by atoms with Gasteiger partial charge in [0, 0.05) is 17.3 Å². The van der Waals surface area contributed by atoms with E-state index >= 15 is 0 Å². The van der Waals surface area contributed by atoms with Gasteiger partial charge in [-0.25, -0.2) is 4.79 Å². The number of aromatic amines is 2. The lowest BCUT2D eigenvalue weighted by atomic mass is 10.0. The van der Waals surface area contributed by atoms with Crippen molar-refractivity contribution in [2.75, 3.05) is 0 Å². The predicted molar refractivity (Wildman–Crippen MR) is 58.6 cm³/mol. The summed E-state index contributed by atoms with van der Waals surface area (Å²) in [5, 5.41) is 8.64. The van der Waals surface area contributed by atoms with Crippen LogP contribution in [-0.4, -0.2) is 21.0 Å². The van der Waals surface area contributed by atoms with E-state index in [1.807, 2.05) is 0 Å². The number of carboxylic acid groups (broad SMARTS) is 1. The number of rotatable bonds is 4. The Labute approximate surface area is 92.9 Å². The van der Waals surface area contributed by atoms with Gasteiger partial charge in [0.1, 0.15) is 0 Å². The molecule has 16 heavy (non-hydrogen) atoms. The summed E-state index contributed by atoms with van der Waals surface area (Å²) < 4.78 is 0. The van der Waals surface area contributed by atoms with Crippen molar-refractivity contribution in [3.05, 3.63) is 21.9 Å². The van der Waals surface area contributed by atoms with Crippen LogP contribution in [0.1, 0.15) is 49.4 Å². The van der Waals surface area contributed by atoms with E-state index < -0.39 is 5.97 Å². The largest absolute Gasteiger partial charge is 0.481 e. The molecule has 5 heteroatoms. The smallest absolute Gasteiger partial charge is 0.323 e. The molecule has 88 valence electrons. The molecule has 1 fully saturated rings. The minimum atomic E-state index is -0.834. The molecule has 1 aromatic heterocycles. The molecule has 0 atom stereocenters. The highest BCUT2D eigenvalue weighted by molar-refractivity contribution is 5.67. The Morgan fingerprint density at radius 3 is 2.62 bits per heavy atom. The molecule has 3 N–H and O–H groups in total. The average Bonchev–Trinajstić information content (AvgIpc) is 2.82. The fourth-order valence-electron chi connectivity index (χ4n) is 2.43. The second kappa shape index (κ2) is 4.55. The van der Waals surface area contributed by atoms with Crippen molar-refractivity contribution in [1.82, 2.24) is 9.97 Å². The van der Waals surface area contributed by atoms with Crippen LogP contribution in [0.5, 0.6) is 0 Å². The molecule has 0 amide bonds. The first kappa shape index (κ1) is 11.0. The highest BCUT2D eigenvalue weighted by Gasteiger charge is 2.22. The highest BCUT2D eigenvalue weighted by atomic mass is 16.4. The Balaban J connectivity index is 2.16. The average molecular weight is 224 g/mol. The number of carbonyl (C=O) groups is 1. The van der Waals surface area contributed by atoms with Gasteiger partial charge in [0.15, 0.2) is 0 Å². The first-order valence-electron chi connectivity index (χ1n) is 5.69. The normalized spacial score (nSPS) is 16.8. The molecule has 0 aliphatic heterocycles. The van der Waals surface area contributed by atoms with Crippen molar-refractivity contribution >= 4 is 5.97 Å². The Kier molecular flexibility index (Phi) is 3.12. The van der Waals surface area contributed by atoms with Gasteiger partial charge in [-0.2, -0.15) is 0 Å². The van der Waals surface area contributed by atoms with Crippen molar-refractivity contribution in [2.24, 2.45) is 0 Å². The Morgan fingerprint density at radius 2 is 2.00 bits per heavy atom. The monoisotopic (exact) mass is 224 g/mol. The fraction of sp³-hybridized carbons (Fsp3) is 0.636. The van der Waals surface area contributed by atoms with Crippen molar-refractivity contribution in [1.29, 1.82) is 0 Å².